The number of aryl methyl sites for hydroxylation is 1. The summed E-state index contributed by atoms with van der Waals surface area (Å²) in [7, 11) is 3.72. The number of piperidine rings is 1. The molecule has 3 fully saturated rings. The summed E-state index contributed by atoms with van der Waals surface area (Å²) in [6, 6.07) is 16.1. The van der Waals surface area contributed by atoms with Gasteiger partial charge in [0.15, 0.2) is 0 Å². The minimum atomic E-state index is -1.16. The summed E-state index contributed by atoms with van der Waals surface area (Å²) < 4.78 is 14.7. The highest BCUT2D eigenvalue weighted by atomic mass is 16.5. The number of hydrogen-bond acceptors (Lipinski definition) is 10. The predicted molar refractivity (Wildman–Crippen MR) is 273 cm³/mol. The monoisotopic (exact) mass is 970 g/mol. The van der Waals surface area contributed by atoms with Crippen LogP contribution >= 0.6 is 0 Å². The van der Waals surface area contributed by atoms with Crippen molar-refractivity contribution >= 4 is 46.2 Å². The lowest BCUT2D eigenvalue weighted by atomic mass is 9.60. The molecule has 9 rings (SSSR count). The van der Waals surface area contributed by atoms with Crippen molar-refractivity contribution in [3.63, 3.8) is 0 Å². The van der Waals surface area contributed by atoms with Crippen molar-refractivity contribution < 1.29 is 38.6 Å². The van der Waals surface area contributed by atoms with E-state index in [0.29, 0.717) is 71.2 Å². The van der Waals surface area contributed by atoms with Gasteiger partial charge in [-0.25, -0.2) is 5.43 Å². The molecule has 1 spiro atoms. The van der Waals surface area contributed by atoms with Crippen molar-refractivity contribution in [1.29, 1.82) is 0 Å². The lowest BCUT2D eigenvalue weighted by Crippen LogP contribution is -2.68. The third-order valence-corrected chi connectivity index (χ3v) is 15.8. The Morgan fingerprint density at radius 2 is 1.73 bits per heavy atom. The molecule has 1 saturated carbocycles. The molecule has 5 atom stereocenters. The van der Waals surface area contributed by atoms with Gasteiger partial charge in [-0.3, -0.25) is 29.0 Å². The van der Waals surface area contributed by atoms with Crippen LogP contribution < -0.4 is 20.4 Å². The number of carbonyl (C=O) groups is 5. The average Bonchev–Trinajstić information content (AvgIpc) is 3.66. The number of esters is 1. The van der Waals surface area contributed by atoms with E-state index in [-0.39, 0.29) is 54.9 Å². The zero-order chi connectivity index (χ0) is 50.5. The van der Waals surface area contributed by atoms with E-state index in [9.17, 15) is 24.3 Å². The number of likely N-dealkylation sites (tertiary alicyclic amines) is 1. The zero-order valence-corrected chi connectivity index (χ0v) is 42.5. The van der Waals surface area contributed by atoms with Crippen LogP contribution in [0.4, 0.5) is 5.69 Å². The molecule has 2 saturated heterocycles. The van der Waals surface area contributed by atoms with Crippen molar-refractivity contribution in [2.75, 3.05) is 58.4 Å². The van der Waals surface area contributed by atoms with Gasteiger partial charge < -0.3 is 39.2 Å². The molecule has 3 N–H and O–H groups in total. The summed E-state index contributed by atoms with van der Waals surface area (Å²) in [6.07, 6.45) is 5.29. The number of likely N-dealkylation sites (N-methyl/N-ethyl adjacent to an activating group) is 2. The molecule has 378 valence electrons. The van der Waals surface area contributed by atoms with E-state index in [0.717, 1.165) is 62.4 Å². The normalized spacial score (nSPS) is 23.8. The molecule has 15 heteroatoms. The van der Waals surface area contributed by atoms with Crippen LogP contribution in [0.3, 0.4) is 0 Å². The number of rotatable bonds is 8. The molecular weight excluding hydrogens is 899 g/mol. The SMILES string of the molecule is C=CC(=O)N1CCC[C@H](C(=O)N(C)[C@H](C(=O)NC2CC[C@@]23Cc2cc(O)cc(c2)-c2ccc4c(c2)c(c(-c2ccc5c(c2)OCCN5C)n4CC)CC(C)(C)COC(=O)[C@@H]2CCCN(N2)C3=O)C(C)C)C1. The predicted octanol–water partition coefficient (Wildman–Crippen LogP) is 6.87. The van der Waals surface area contributed by atoms with E-state index in [2.05, 4.69) is 91.0 Å². The van der Waals surface area contributed by atoms with Gasteiger partial charge in [0.05, 0.1) is 35.9 Å². The third-order valence-electron chi connectivity index (χ3n) is 15.8. The molecule has 1 unspecified atom stereocenters. The summed E-state index contributed by atoms with van der Waals surface area (Å²) >= 11 is 0. The molecule has 6 bridgehead atoms. The first-order valence-corrected chi connectivity index (χ1v) is 25.6. The number of benzene rings is 3. The molecular formula is C56H71N7O8. The van der Waals surface area contributed by atoms with E-state index >= 15 is 4.79 Å². The third kappa shape index (κ3) is 9.49. The van der Waals surface area contributed by atoms with Crippen LogP contribution in [0.2, 0.25) is 0 Å². The Morgan fingerprint density at radius 3 is 2.46 bits per heavy atom. The Bertz CT molecular complexity index is 2760. The number of nitrogens with zero attached hydrogens (tertiary/aromatic N) is 5. The fourth-order valence-electron chi connectivity index (χ4n) is 12.0. The van der Waals surface area contributed by atoms with Gasteiger partial charge in [0.25, 0.3) is 0 Å². The highest BCUT2D eigenvalue weighted by molar-refractivity contribution is 5.96. The fourth-order valence-corrected chi connectivity index (χ4v) is 12.0. The van der Waals surface area contributed by atoms with Crippen LogP contribution in [0.15, 0.2) is 67.3 Å². The van der Waals surface area contributed by atoms with E-state index in [4.69, 9.17) is 9.47 Å². The number of cyclic esters (lactones) is 1. The Morgan fingerprint density at radius 1 is 0.958 bits per heavy atom. The molecule has 4 aliphatic heterocycles. The smallest absolute Gasteiger partial charge is 0.324 e. The first kappa shape index (κ1) is 49.6. The van der Waals surface area contributed by atoms with Crippen LogP contribution in [0.25, 0.3) is 33.3 Å². The maximum absolute atomic E-state index is 15.3. The number of aromatic hydroxyl groups is 1. The molecule has 1 aliphatic carbocycles. The Hall–Kier alpha value is -6.35. The summed E-state index contributed by atoms with van der Waals surface area (Å²) in [5.41, 5.74) is 9.29. The second-order valence-electron chi connectivity index (χ2n) is 21.8. The van der Waals surface area contributed by atoms with Crippen molar-refractivity contribution in [2.45, 2.75) is 111 Å². The number of carbonyl (C=O) groups excluding carboxylic acids is 5. The van der Waals surface area contributed by atoms with Crippen molar-refractivity contribution in [3.05, 3.63) is 78.4 Å². The number of amides is 4. The Balaban J connectivity index is 1.10. The first-order valence-electron chi connectivity index (χ1n) is 25.6. The maximum Gasteiger partial charge on any atom is 0.324 e. The number of fused-ring (bicyclic) bond motifs is 7. The van der Waals surface area contributed by atoms with Crippen LogP contribution in [0.1, 0.15) is 84.3 Å². The molecule has 71 heavy (non-hydrogen) atoms. The first-order chi connectivity index (χ1) is 33.9. The summed E-state index contributed by atoms with van der Waals surface area (Å²) in [5, 5.41) is 17.4. The Kier molecular flexibility index (Phi) is 13.8. The number of phenolic OH excluding ortho intramolecular Hbond substituents is 1. The minimum absolute atomic E-state index is 0.0525. The molecule has 4 aromatic rings. The number of hydrogen-bond donors (Lipinski definition) is 3. The number of nitrogens with one attached hydrogen (secondary N) is 2. The van der Waals surface area contributed by atoms with Crippen LogP contribution in [-0.2, 0) is 48.1 Å². The minimum Gasteiger partial charge on any atom is -0.508 e. The van der Waals surface area contributed by atoms with Gasteiger partial charge in [-0.1, -0.05) is 52.5 Å². The molecule has 15 nitrogen and oxygen atoms in total. The Labute approximate surface area is 417 Å². The van der Waals surface area contributed by atoms with E-state index in [1.807, 2.05) is 19.9 Å². The second kappa shape index (κ2) is 19.7. The van der Waals surface area contributed by atoms with E-state index in [1.165, 1.54) is 11.0 Å². The van der Waals surface area contributed by atoms with Crippen LogP contribution in [0.5, 0.6) is 11.5 Å². The van der Waals surface area contributed by atoms with Gasteiger partial charge >= 0.3 is 5.97 Å². The van der Waals surface area contributed by atoms with Gasteiger partial charge in [-0.2, -0.15) is 0 Å². The molecule has 0 radical (unpaired) electrons. The molecule has 3 aromatic carbocycles. The number of anilines is 1. The maximum atomic E-state index is 15.3. The summed E-state index contributed by atoms with van der Waals surface area (Å²) in [6.45, 7) is 17.2. The van der Waals surface area contributed by atoms with E-state index < -0.39 is 40.8 Å². The van der Waals surface area contributed by atoms with Gasteiger partial charge in [0.1, 0.15) is 30.2 Å². The lowest BCUT2D eigenvalue weighted by molar-refractivity contribution is -0.163. The van der Waals surface area contributed by atoms with Gasteiger partial charge in [-0.05, 0) is 129 Å². The largest absolute Gasteiger partial charge is 0.508 e. The number of hydrazine groups is 1. The van der Waals surface area contributed by atoms with E-state index in [1.54, 1.807) is 29.1 Å². The average molecular weight is 970 g/mol. The number of phenols is 1. The highest BCUT2D eigenvalue weighted by Crippen LogP contribution is 2.48. The molecule has 5 aliphatic rings. The summed E-state index contributed by atoms with van der Waals surface area (Å²) in [5.74, 6) is -1.34. The quantitative estimate of drug-likeness (QED) is 0.125. The van der Waals surface area contributed by atoms with Crippen molar-refractivity contribution in [2.24, 2.45) is 22.7 Å². The summed E-state index contributed by atoms with van der Waals surface area (Å²) in [4.78, 5) is 76.0. The van der Waals surface area contributed by atoms with Crippen molar-refractivity contribution in [1.82, 2.24) is 30.1 Å². The topological polar surface area (TPSA) is 166 Å². The number of ether oxygens (including phenoxy) is 2. The van der Waals surface area contributed by atoms with Crippen molar-refractivity contribution in [3.8, 4) is 33.9 Å². The number of aromatic nitrogens is 1. The van der Waals surface area contributed by atoms with Gasteiger partial charge in [0.2, 0.25) is 23.6 Å². The molecule has 5 heterocycles. The molecule has 1 aromatic heterocycles. The van der Waals surface area contributed by atoms with Gasteiger partial charge in [-0.15, -0.1) is 0 Å². The van der Waals surface area contributed by atoms with Crippen LogP contribution in [-0.4, -0.2) is 126 Å². The lowest BCUT2D eigenvalue weighted by Gasteiger charge is -2.52. The fraction of sp³-hybridized carbons (Fsp3) is 0.518. The van der Waals surface area contributed by atoms with Crippen LogP contribution in [0, 0.1) is 22.7 Å². The molecule has 4 amide bonds. The standard InChI is InChI=1S/C56H71N7O8/c1-9-48(65)61-21-11-13-38(32-61)52(67)60(8)49(34(3)4)51(66)57-47-19-20-56(47)30-35-25-39(27-40(64)26-35)36-15-17-44-41(28-36)42(31-55(5,6)33-71-53(68)43-14-12-22-63(58-43)54(56)69)50(62(44)10-2)37-16-18-45-46(29-37)70-24-23-59(45)7/h9,15-18,25-29,34,38,43,47,49,58,64H,1,10-14,19-24,30-33H2,2-8H3,(H,57,66)/t38-,43-,47?,49-,56+/m0/s1. The second-order valence-corrected chi connectivity index (χ2v) is 21.8. The highest BCUT2D eigenvalue weighted by Gasteiger charge is 2.56. The zero-order valence-electron chi connectivity index (χ0n) is 42.5. The van der Waals surface area contributed by atoms with Gasteiger partial charge in [0, 0.05) is 68.2 Å².